The fourth-order valence-electron chi connectivity index (χ4n) is 1.11. The van der Waals surface area contributed by atoms with E-state index in [1.807, 2.05) is 0 Å². The van der Waals surface area contributed by atoms with Gasteiger partial charge in [0, 0.05) is 6.54 Å². The van der Waals surface area contributed by atoms with Crippen LogP contribution < -0.4 is 5.32 Å². The van der Waals surface area contributed by atoms with Gasteiger partial charge in [-0.3, -0.25) is 10.1 Å². The minimum atomic E-state index is -0.535. The van der Waals surface area contributed by atoms with Crippen molar-refractivity contribution in [3.05, 3.63) is 33.2 Å². The van der Waals surface area contributed by atoms with Crippen LogP contribution in [0.2, 0.25) is 5.28 Å². The molecule has 1 rings (SSSR count). The fourth-order valence-corrected chi connectivity index (χ4v) is 1.32. The lowest BCUT2D eigenvalue weighted by molar-refractivity contribution is -0.385. The third-order valence-corrected chi connectivity index (χ3v) is 1.94. The van der Waals surface area contributed by atoms with Crippen molar-refractivity contribution in [2.24, 2.45) is 0 Å². The third kappa shape index (κ3) is 2.90. The average Bonchev–Trinajstić information content (AvgIpc) is 2.12. The number of halogens is 1. The van der Waals surface area contributed by atoms with Gasteiger partial charge in [-0.05, 0) is 25.4 Å². The molecule has 0 aliphatic heterocycles. The van der Waals surface area contributed by atoms with Gasteiger partial charge in [-0.25, -0.2) is 4.98 Å². The zero-order chi connectivity index (χ0) is 12.3. The molecule has 0 aliphatic carbocycles. The summed E-state index contributed by atoms with van der Waals surface area (Å²) in [5.41, 5.74) is 0.904. The van der Waals surface area contributed by atoms with Crippen molar-refractivity contribution in [1.29, 1.82) is 0 Å². The predicted molar refractivity (Wildman–Crippen MR) is 61.7 cm³/mol. The van der Waals surface area contributed by atoms with E-state index in [9.17, 15) is 10.1 Å². The van der Waals surface area contributed by atoms with Crippen LogP contribution in [-0.4, -0.2) is 21.4 Å². The Bertz CT molecular complexity index is 447. The van der Waals surface area contributed by atoms with Gasteiger partial charge in [0.05, 0.1) is 4.92 Å². The Morgan fingerprint density at radius 2 is 2.25 bits per heavy atom. The van der Waals surface area contributed by atoms with Crippen LogP contribution in [-0.2, 0) is 0 Å². The number of anilines is 1. The molecule has 0 bridgehead atoms. The van der Waals surface area contributed by atoms with E-state index in [0.717, 1.165) is 5.57 Å². The fraction of sp³-hybridized carbons (Fsp3) is 0.333. The summed E-state index contributed by atoms with van der Waals surface area (Å²) in [4.78, 5) is 17.8. The number of nitro groups is 1. The molecule has 1 aromatic rings. The van der Waals surface area contributed by atoms with Crippen LogP contribution in [0.5, 0.6) is 0 Å². The van der Waals surface area contributed by atoms with E-state index in [1.165, 1.54) is 6.92 Å². The summed E-state index contributed by atoms with van der Waals surface area (Å²) in [5.74, 6) is 0.116. The molecule has 6 nitrogen and oxygen atoms in total. The Morgan fingerprint density at radius 1 is 1.62 bits per heavy atom. The maximum absolute atomic E-state index is 10.8. The lowest BCUT2D eigenvalue weighted by Gasteiger charge is -2.07. The molecule has 0 amide bonds. The molecule has 0 saturated carbocycles. The molecule has 7 heteroatoms. The Labute approximate surface area is 97.5 Å². The molecular formula is C9H11ClN4O2. The second-order valence-corrected chi connectivity index (χ2v) is 3.68. The molecule has 0 fully saturated rings. The zero-order valence-electron chi connectivity index (χ0n) is 8.95. The quantitative estimate of drug-likeness (QED) is 0.379. The standard InChI is InChI=1S/C9H11ClN4O2/c1-5(2)4-11-8-7(14(15)16)6(3)12-9(10)13-8/h1,4H2,2-3H3,(H,11,12,13). The van der Waals surface area contributed by atoms with E-state index in [0.29, 0.717) is 6.54 Å². The molecule has 0 unspecified atom stereocenters. The van der Waals surface area contributed by atoms with Crippen molar-refractivity contribution < 1.29 is 4.92 Å². The summed E-state index contributed by atoms with van der Waals surface area (Å²) < 4.78 is 0. The second kappa shape index (κ2) is 4.89. The summed E-state index contributed by atoms with van der Waals surface area (Å²) in [6.45, 7) is 7.39. The number of rotatable bonds is 4. The highest BCUT2D eigenvalue weighted by molar-refractivity contribution is 6.28. The van der Waals surface area contributed by atoms with Crippen molar-refractivity contribution in [2.45, 2.75) is 13.8 Å². The van der Waals surface area contributed by atoms with Crippen LogP contribution in [0.15, 0.2) is 12.2 Å². The SMILES string of the molecule is C=C(C)CNc1nc(Cl)nc(C)c1[N+](=O)[O-]. The van der Waals surface area contributed by atoms with Gasteiger partial charge in [0.15, 0.2) is 0 Å². The van der Waals surface area contributed by atoms with E-state index in [2.05, 4.69) is 21.9 Å². The predicted octanol–water partition coefficient (Wildman–Crippen LogP) is 2.33. The molecule has 86 valence electrons. The van der Waals surface area contributed by atoms with Crippen molar-refractivity contribution in [1.82, 2.24) is 9.97 Å². The van der Waals surface area contributed by atoms with Gasteiger partial charge in [-0.1, -0.05) is 12.2 Å². The highest BCUT2D eigenvalue weighted by Gasteiger charge is 2.21. The van der Waals surface area contributed by atoms with Gasteiger partial charge in [-0.2, -0.15) is 4.98 Å². The van der Waals surface area contributed by atoms with E-state index in [-0.39, 0.29) is 22.5 Å². The first-order chi connectivity index (χ1) is 7.41. The largest absolute Gasteiger partial charge is 0.360 e. The Balaban J connectivity index is 3.13. The number of aryl methyl sites for hydroxylation is 1. The molecule has 1 N–H and O–H groups in total. The van der Waals surface area contributed by atoms with Crippen LogP contribution in [0, 0.1) is 17.0 Å². The average molecular weight is 243 g/mol. The summed E-state index contributed by atoms with van der Waals surface area (Å²) in [5, 5.41) is 13.6. The highest BCUT2D eigenvalue weighted by Crippen LogP contribution is 2.26. The van der Waals surface area contributed by atoms with Crippen molar-refractivity contribution in [3.63, 3.8) is 0 Å². The van der Waals surface area contributed by atoms with Gasteiger partial charge in [0.2, 0.25) is 11.1 Å². The highest BCUT2D eigenvalue weighted by atomic mass is 35.5. The maximum atomic E-state index is 10.8. The number of aromatic nitrogens is 2. The normalized spacial score (nSPS) is 9.94. The van der Waals surface area contributed by atoms with Gasteiger partial charge in [0.1, 0.15) is 5.69 Å². The Morgan fingerprint density at radius 3 is 2.75 bits per heavy atom. The van der Waals surface area contributed by atoms with Crippen molar-refractivity contribution in [2.75, 3.05) is 11.9 Å². The number of hydrogen-bond acceptors (Lipinski definition) is 5. The smallest absolute Gasteiger partial charge is 0.332 e. The van der Waals surface area contributed by atoms with Crippen LogP contribution >= 0.6 is 11.6 Å². The monoisotopic (exact) mass is 242 g/mol. The van der Waals surface area contributed by atoms with E-state index < -0.39 is 4.92 Å². The minimum Gasteiger partial charge on any atom is -0.360 e. The Kier molecular flexibility index (Phi) is 3.78. The maximum Gasteiger partial charge on any atom is 0.332 e. The molecular weight excluding hydrogens is 232 g/mol. The Hall–Kier alpha value is -1.69. The first-order valence-electron chi connectivity index (χ1n) is 4.48. The van der Waals surface area contributed by atoms with Gasteiger partial charge >= 0.3 is 5.69 Å². The molecule has 0 aliphatic rings. The topological polar surface area (TPSA) is 81.0 Å². The van der Waals surface area contributed by atoms with Gasteiger partial charge in [0.25, 0.3) is 0 Å². The van der Waals surface area contributed by atoms with Crippen molar-refractivity contribution >= 4 is 23.1 Å². The van der Waals surface area contributed by atoms with Gasteiger partial charge < -0.3 is 5.32 Å². The van der Waals surface area contributed by atoms with E-state index in [1.54, 1.807) is 6.92 Å². The lowest BCUT2D eigenvalue weighted by atomic mass is 10.3. The molecule has 0 radical (unpaired) electrons. The lowest BCUT2D eigenvalue weighted by Crippen LogP contribution is -2.09. The molecule has 0 saturated heterocycles. The summed E-state index contributed by atoms with van der Waals surface area (Å²) in [7, 11) is 0. The van der Waals surface area contributed by atoms with E-state index in [4.69, 9.17) is 11.6 Å². The number of nitrogens with zero attached hydrogens (tertiary/aromatic N) is 3. The molecule has 0 spiro atoms. The molecule has 1 heterocycles. The van der Waals surface area contributed by atoms with E-state index >= 15 is 0 Å². The summed E-state index contributed by atoms with van der Waals surface area (Å²) in [6.07, 6.45) is 0. The third-order valence-electron chi connectivity index (χ3n) is 1.77. The van der Waals surface area contributed by atoms with Crippen molar-refractivity contribution in [3.8, 4) is 0 Å². The molecule has 0 atom stereocenters. The van der Waals surface area contributed by atoms with Crippen LogP contribution in [0.4, 0.5) is 11.5 Å². The molecule has 1 aromatic heterocycles. The molecule has 0 aromatic carbocycles. The summed E-state index contributed by atoms with van der Waals surface area (Å²) in [6, 6.07) is 0. The van der Waals surface area contributed by atoms with Crippen LogP contribution in [0.25, 0.3) is 0 Å². The number of hydrogen-bond donors (Lipinski definition) is 1. The first kappa shape index (κ1) is 12.4. The molecule has 16 heavy (non-hydrogen) atoms. The minimum absolute atomic E-state index is 0.0210. The zero-order valence-corrected chi connectivity index (χ0v) is 9.71. The van der Waals surface area contributed by atoms with Crippen LogP contribution in [0.1, 0.15) is 12.6 Å². The number of nitrogens with one attached hydrogen (secondary N) is 1. The second-order valence-electron chi connectivity index (χ2n) is 3.34. The summed E-state index contributed by atoms with van der Waals surface area (Å²) >= 11 is 5.63. The van der Waals surface area contributed by atoms with Gasteiger partial charge in [-0.15, -0.1) is 0 Å². The first-order valence-corrected chi connectivity index (χ1v) is 4.86. The van der Waals surface area contributed by atoms with Crippen LogP contribution in [0.3, 0.4) is 0 Å².